The summed E-state index contributed by atoms with van der Waals surface area (Å²) in [5.74, 6) is -1.09. The summed E-state index contributed by atoms with van der Waals surface area (Å²) >= 11 is 0. The Hall–Kier alpha value is -2.50. The van der Waals surface area contributed by atoms with Gasteiger partial charge in [-0.3, -0.25) is 0 Å². The number of rotatable bonds is 7. The van der Waals surface area contributed by atoms with E-state index < -0.39 is 11.6 Å². The summed E-state index contributed by atoms with van der Waals surface area (Å²) in [5.41, 5.74) is 0.672. The maximum atomic E-state index is 13.8. The molecule has 22 heavy (non-hydrogen) atoms. The molecule has 116 valence electrons. The Labute approximate surface area is 128 Å². The Morgan fingerprint density at radius 1 is 1.32 bits per heavy atom. The maximum Gasteiger partial charge on any atom is 0.163 e. The number of nitrogens with zero attached hydrogens (tertiary/aromatic N) is 2. The molecule has 2 N–H and O–H groups in total. The van der Waals surface area contributed by atoms with Crippen LogP contribution in [0.1, 0.15) is 24.6 Å². The molecule has 0 aliphatic heterocycles. The minimum atomic E-state index is -0.877. The Morgan fingerprint density at radius 2 is 2.14 bits per heavy atom. The Balaban J connectivity index is 2.21. The molecule has 0 aliphatic rings. The van der Waals surface area contributed by atoms with Gasteiger partial charge in [0.05, 0.1) is 6.54 Å². The first-order chi connectivity index (χ1) is 10.7. The van der Waals surface area contributed by atoms with E-state index in [4.69, 9.17) is 5.41 Å². The lowest BCUT2D eigenvalue weighted by atomic mass is 10.2. The van der Waals surface area contributed by atoms with Gasteiger partial charge in [0, 0.05) is 24.4 Å². The van der Waals surface area contributed by atoms with Gasteiger partial charge in [-0.2, -0.15) is 5.10 Å². The van der Waals surface area contributed by atoms with E-state index in [9.17, 15) is 8.78 Å². The van der Waals surface area contributed by atoms with Gasteiger partial charge in [0.1, 0.15) is 11.5 Å². The van der Waals surface area contributed by atoms with E-state index in [2.05, 4.69) is 10.4 Å². The monoisotopic (exact) mass is 304 g/mol. The lowest BCUT2D eigenvalue weighted by Crippen LogP contribution is -2.10. The van der Waals surface area contributed by atoms with Crippen LogP contribution in [0.15, 0.2) is 36.4 Å². The Bertz CT molecular complexity index is 677. The molecule has 4 nitrogen and oxygen atoms in total. The number of benzene rings is 1. The van der Waals surface area contributed by atoms with E-state index in [1.807, 2.05) is 19.1 Å². The van der Waals surface area contributed by atoms with E-state index in [-0.39, 0.29) is 12.1 Å². The molecule has 0 spiro atoms. The molecular weight excluding hydrogens is 286 g/mol. The van der Waals surface area contributed by atoms with Crippen molar-refractivity contribution in [3.63, 3.8) is 0 Å². The average molecular weight is 304 g/mol. The summed E-state index contributed by atoms with van der Waals surface area (Å²) in [7, 11) is 0. The van der Waals surface area contributed by atoms with Gasteiger partial charge in [-0.25, -0.2) is 13.5 Å². The first kappa shape index (κ1) is 15.9. The van der Waals surface area contributed by atoms with Crippen molar-refractivity contribution in [3.8, 4) is 0 Å². The van der Waals surface area contributed by atoms with Crippen LogP contribution in [-0.2, 0) is 6.54 Å². The van der Waals surface area contributed by atoms with Crippen molar-refractivity contribution in [1.29, 1.82) is 5.41 Å². The minimum absolute atomic E-state index is 0.0945. The van der Waals surface area contributed by atoms with Crippen LogP contribution >= 0.6 is 0 Å². The van der Waals surface area contributed by atoms with E-state index in [0.717, 1.165) is 18.7 Å². The number of aromatic nitrogens is 2. The highest BCUT2D eigenvalue weighted by atomic mass is 19.2. The van der Waals surface area contributed by atoms with Crippen molar-refractivity contribution in [3.05, 3.63) is 59.3 Å². The van der Waals surface area contributed by atoms with Gasteiger partial charge in [-0.1, -0.05) is 31.2 Å². The lowest BCUT2D eigenvalue weighted by molar-refractivity contribution is 0.492. The zero-order valence-electron chi connectivity index (χ0n) is 12.3. The third kappa shape index (κ3) is 3.78. The number of allylic oxidation sites excluding steroid dienone is 1. The molecule has 0 bridgehead atoms. The zero-order chi connectivity index (χ0) is 15.9. The van der Waals surface area contributed by atoms with Crippen LogP contribution in [0.2, 0.25) is 0 Å². The van der Waals surface area contributed by atoms with Crippen LogP contribution in [0, 0.1) is 17.0 Å². The molecule has 6 heteroatoms. The first-order valence-corrected chi connectivity index (χ1v) is 7.05. The van der Waals surface area contributed by atoms with E-state index in [0.29, 0.717) is 18.1 Å². The number of hydrogen-bond donors (Lipinski definition) is 2. The number of halogens is 2. The van der Waals surface area contributed by atoms with Crippen molar-refractivity contribution in [2.75, 3.05) is 11.9 Å². The van der Waals surface area contributed by atoms with Crippen LogP contribution in [0.5, 0.6) is 0 Å². The van der Waals surface area contributed by atoms with Crippen LogP contribution in [0.4, 0.5) is 14.6 Å². The molecule has 1 aromatic heterocycles. The van der Waals surface area contributed by atoms with Crippen molar-refractivity contribution in [1.82, 2.24) is 9.78 Å². The molecule has 0 aliphatic carbocycles. The fourth-order valence-electron chi connectivity index (χ4n) is 2.02. The third-order valence-corrected chi connectivity index (χ3v) is 3.10. The predicted molar refractivity (Wildman–Crippen MR) is 83.5 cm³/mol. The predicted octanol–water partition coefficient (Wildman–Crippen LogP) is 3.59. The minimum Gasteiger partial charge on any atom is -0.367 e. The smallest absolute Gasteiger partial charge is 0.163 e. The normalized spacial score (nSPS) is 11.0. The lowest BCUT2D eigenvalue weighted by Gasteiger charge is -2.09. The van der Waals surface area contributed by atoms with Crippen LogP contribution in [0.3, 0.4) is 0 Å². The molecule has 0 saturated carbocycles. The molecule has 0 unspecified atom stereocenters. The average Bonchev–Trinajstić information content (AvgIpc) is 2.91. The molecule has 0 radical (unpaired) electrons. The summed E-state index contributed by atoms with van der Waals surface area (Å²) in [5, 5.41) is 14.6. The molecule has 0 atom stereocenters. The summed E-state index contributed by atoms with van der Waals surface area (Å²) < 4.78 is 28.6. The van der Waals surface area contributed by atoms with E-state index in [1.165, 1.54) is 16.8 Å². The summed E-state index contributed by atoms with van der Waals surface area (Å²) in [4.78, 5) is 0. The molecular formula is C16H18F2N4. The topological polar surface area (TPSA) is 53.7 Å². The van der Waals surface area contributed by atoms with Crippen LogP contribution in [-0.4, -0.2) is 22.5 Å². The van der Waals surface area contributed by atoms with Gasteiger partial charge in [0.15, 0.2) is 11.6 Å². The van der Waals surface area contributed by atoms with Crippen LogP contribution in [0.25, 0.3) is 0 Å². The second-order valence-electron chi connectivity index (χ2n) is 4.73. The molecule has 0 fully saturated rings. The number of hydrogen-bond acceptors (Lipinski definition) is 3. The Morgan fingerprint density at radius 3 is 2.86 bits per heavy atom. The van der Waals surface area contributed by atoms with Gasteiger partial charge in [-0.15, -0.1) is 0 Å². The molecule has 2 aromatic rings. The Kier molecular flexibility index (Phi) is 5.41. The quantitative estimate of drug-likeness (QED) is 0.607. The van der Waals surface area contributed by atoms with Gasteiger partial charge in [0.25, 0.3) is 0 Å². The zero-order valence-corrected chi connectivity index (χ0v) is 12.3. The molecule has 0 saturated heterocycles. The molecule has 1 aromatic carbocycles. The SMILES string of the molecule is CC/C=C\CNc1cc(C=N)nn1Cc1cccc(F)c1F. The third-order valence-electron chi connectivity index (χ3n) is 3.10. The van der Waals surface area contributed by atoms with E-state index >= 15 is 0 Å². The maximum absolute atomic E-state index is 13.8. The van der Waals surface area contributed by atoms with Gasteiger partial charge >= 0.3 is 0 Å². The van der Waals surface area contributed by atoms with Crippen molar-refractivity contribution in [2.24, 2.45) is 0 Å². The van der Waals surface area contributed by atoms with Gasteiger partial charge < -0.3 is 10.7 Å². The largest absolute Gasteiger partial charge is 0.367 e. The van der Waals surface area contributed by atoms with Gasteiger partial charge in [-0.05, 0) is 12.5 Å². The highest BCUT2D eigenvalue weighted by Crippen LogP contribution is 2.16. The first-order valence-electron chi connectivity index (χ1n) is 7.05. The molecule has 0 amide bonds. The van der Waals surface area contributed by atoms with Crippen LogP contribution < -0.4 is 5.32 Å². The number of nitrogens with one attached hydrogen (secondary N) is 2. The molecule has 1 heterocycles. The van der Waals surface area contributed by atoms with Crippen molar-refractivity contribution in [2.45, 2.75) is 19.9 Å². The van der Waals surface area contributed by atoms with E-state index in [1.54, 1.807) is 6.07 Å². The second-order valence-corrected chi connectivity index (χ2v) is 4.73. The summed E-state index contributed by atoms with van der Waals surface area (Å²) in [6, 6.07) is 5.76. The summed E-state index contributed by atoms with van der Waals surface area (Å²) in [6.07, 6.45) is 6.06. The van der Waals surface area contributed by atoms with Crippen molar-refractivity contribution >= 4 is 12.0 Å². The second kappa shape index (κ2) is 7.49. The standard InChI is InChI=1S/C16H18F2N4/c1-2-3-4-8-20-15-9-13(10-19)21-22(15)11-12-6-5-7-14(17)16(12)18/h3-7,9-10,19-20H,2,8,11H2,1H3/b4-3-,19-10?. The molecule has 2 rings (SSSR count). The fourth-order valence-corrected chi connectivity index (χ4v) is 2.02. The fraction of sp³-hybridized carbons (Fsp3) is 0.250. The highest BCUT2D eigenvalue weighted by Gasteiger charge is 2.11. The van der Waals surface area contributed by atoms with Crippen molar-refractivity contribution < 1.29 is 8.78 Å². The highest BCUT2D eigenvalue weighted by molar-refractivity contribution is 5.75. The van der Waals surface area contributed by atoms with Gasteiger partial charge in [0.2, 0.25) is 0 Å². The summed E-state index contributed by atoms with van der Waals surface area (Å²) in [6.45, 7) is 2.74. The number of anilines is 1.